The molecule has 0 aromatic heterocycles. The lowest BCUT2D eigenvalue weighted by atomic mass is 9.96. The third-order valence-electron chi connectivity index (χ3n) is 5.52. The van der Waals surface area contributed by atoms with Crippen molar-refractivity contribution in [3.8, 4) is 0 Å². The zero-order valence-corrected chi connectivity index (χ0v) is 21.3. The van der Waals surface area contributed by atoms with Gasteiger partial charge < -0.3 is 35.8 Å². The molecule has 12 nitrogen and oxygen atoms in total. The summed E-state index contributed by atoms with van der Waals surface area (Å²) in [5.74, 6) is -4.38. The summed E-state index contributed by atoms with van der Waals surface area (Å²) in [7, 11) is 0.964. The molecule has 1 aromatic carbocycles. The predicted molar refractivity (Wildman–Crippen MR) is 133 cm³/mol. The zero-order valence-electron chi connectivity index (χ0n) is 21.3. The van der Waals surface area contributed by atoms with E-state index in [4.69, 9.17) is 10.2 Å². The molecule has 0 aliphatic rings. The lowest BCUT2D eigenvalue weighted by Crippen LogP contribution is -2.51. The minimum atomic E-state index is -2.42. The number of carbonyl (C=O) groups is 5. The second-order valence-electron chi connectivity index (χ2n) is 9.45. The average molecular weight is 543 g/mol. The minimum absolute atomic E-state index is 0.00678. The number of aliphatic carboxylic acids is 3. The number of carbonyl (C=O) groups excluding carboxylic acids is 2. The van der Waals surface area contributed by atoms with E-state index in [2.05, 4.69) is 10.6 Å². The number of nitrogens with zero attached hydrogens (tertiary/aromatic N) is 1. The molecule has 0 bridgehead atoms. The summed E-state index contributed by atoms with van der Waals surface area (Å²) in [5.41, 5.74) is 1.19. The number of unbranched alkanes of at least 4 members (excludes halogenated alkanes) is 1. The molecule has 0 aliphatic carbocycles. The van der Waals surface area contributed by atoms with E-state index in [-0.39, 0.29) is 36.2 Å². The fourth-order valence-corrected chi connectivity index (χ4v) is 3.61. The van der Waals surface area contributed by atoms with Crippen molar-refractivity contribution in [2.45, 2.75) is 50.7 Å². The van der Waals surface area contributed by atoms with Crippen LogP contribution in [-0.4, -0.2) is 96.1 Å². The number of quaternary nitrogens is 1. The van der Waals surface area contributed by atoms with Crippen LogP contribution in [0.25, 0.3) is 0 Å². The van der Waals surface area contributed by atoms with Crippen LogP contribution >= 0.6 is 0 Å². The van der Waals surface area contributed by atoms with Crippen molar-refractivity contribution < 1.29 is 52.4 Å². The topological polar surface area (TPSA) is 182 Å². The molecular formula is C23H34BF2N4O8+. The lowest BCUT2D eigenvalue weighted by molar-refractivity contribution is -0.894. The molecule has 2 atom stereocenters. The maximum atomic E-state index is 12.7. The van der Waals surface area contributed by atoms with Gasteiger partial charge in [0.05, 0.1) is 14.1 Å². The fraction of sp³-hybridized carbons (Fsp3) is 0.522. The van der Waals surface area contributed by atoms with E-state index in [1.807, 2.05) is 5.32 Å². The van der Waals surface area contributed by atoms with Crippen molar-refractivity contribution in [2.75, 3.05) is 27.1 Å². The first-order chi connectivity index (χ1) is 17.7. The van der Waals surface area contributed by atoms with Gasteiger partial charge in [0.2, 0.25) is 0 Å². The highest BCUT2D eigenvalue weighted by Gasteiger charge is 2.27. The van der Waals surface area contributed by atoms with Gasteiger partial charge >= 0.3 is 31.2 Å². The van der Waals surface area contributed by atoms with Crippen molar-refractivity contribution in [2.24, 2.45) is 0 Å². The summed E-state index contributed by atoms with van der Waals surface area (Å²) in [6.45, 7) is 0.607. The van der Waals surface area contributed by atoms with Gasteiger partial charge in [-0.25, -0.2) is 14.4 Å². The molecule has 2 unspecified atom stereocenters. The van der Waals surface area contributed by atoms with Crippen LogP contribution in [0.3, 0.4) is 0 Å². The number of nitrogens with one attached hydrogen (secondary N) is 3. The number of benzene rings is 1. The van der Waals surface area contributed by atoms with Crippen molar-refractivity contribution in [3.63, 3.8) is 0 Å². The van der Waals surface area contributed by atoms with Crippen LogP contribution in [0.2, 0.25) is 0 Å². The van der Waals surface area contributed by atoms with E-state index >= 15 is 0 Å². The first-order valence-electron chi connectivity index (χ1n) is 11.9. The van der Waals surface area contributed by atoms with E-state index in [0.717, 1.165) is 5.56 Å². The molecule has 0 saturated carbocycles. The van der Waals surface area contributed by atoms with Crippen LogP contribution in [0.1, 0.15) is 48.0 Å². The van der Waals surface area contributed by atoms with E-state index < -0.39 is 49.7 Å². The van der Waals surface area contributed by atoms with Crippen LogP contribution in [0, 0.1) is 0 Å². The van der Waals surface area contributed by atoms with E-state index in [9.17, 15) is 37.7 Å². The summed E-state index contributed by atoms with van der Waals surface area (Å²) < 4.78 is 25.5. The van der Waals surface area contributed by atoms with Gasteiger partial charge in [0.25, 0.3) is 5.91 Å². The highest BCUT2D eigenvalue weighted by atomic mass is 19.2. The number of amides is 3. The Labute approximate surface area is 219 Å². The predicted octanol–water partition coefficient (Wildman–Crippen LogP) is 1.20. The summed E-state index contributed by atoms with van der Waals surface area (Å²) in [6, 6.07) is 2.72. The normalized spacial score (nSPS) is 12.6. The van der Waals surface area contributed by atoms with Crippen molar-refractivity contribution in [1.29, 1.82) is 0 Å². The molecule has 0 heterocycles. The Balaban J connectivity index is 2.46. The summed E-state index contributed by atoms with van der Waals surface area (Å²) in [4.78, 5) is 57.6. The fourth-order valence-electron chi connectivity index (χ4n) is 3.61. The molecule has 6 N–H and O–H groups in total. The maximum absolute atomic E-state index is 12.7. The second-order valence-corrected chi connectivity index (χ2v) is 9.45. The lowest BCUT2D eigenvalue weighted by Gasteiger charge is -2.28. The standard InChI is InChI=1S/C23H33BF2N4O8/c1-30(2,14-24(25)26)13-15-6-8-16(9-7-15)20(33)27-12-4-3-5-17(21(34)35)28-23(38)29-18(22(36)37)10-11-19(31)32/h6-9,17-18H,3-5,10-14H2,1-2H3,(H5-,27,28,29,31,32,33,34,35,36,37,38)/p+1. The summed E-state index contributed by atoms with van der Waals surface area (Å²) in [5, 5.41) is 34.0. The molecule has 0 saturated heterocycles. The monoisotopic (exact) mass is 543 g/mol. The Morgan fingerprint density at radius 1 is 0.895 bits per heavy atom. The second kappa shape index (κ2) is 15.5. The Morgan fingerprint density at radius 3 is 1.95 bits per heavy atom. The van der Waals surface area contributed by atoms with Crippen LogP contribution in [0.15, 0.2) is 24.3 Å². The largest absolute Gasteiger partial charge is 0.592 e. The number of hydrogen-bond donors (Lipinski definition) is 6. The van der Waals surface area contributed by atoms with Crippen molar-refractivity contribution in [1.82, 2.24) is 16.0 Å². The van der Waals surface area contributed by atoms with Gasteiger partial charge in [0, 0.05) is 24.1 Å². The first kappa shape index (κ1) is 32.3. The Kier molecular flexibility index (Phi) is 13.2. The van der Waals surface area contributed by atoms with Gasteiger partial charge in [0.15, 0.2) is 0 Å². The Hall–Kier alpha value is -3.75. The van der Waals surface area contributed by atoms with Crippen molar-refractivity contribution in [3.05, 3.63) is 35.4 Å². The molecule has 0 radical (unpaired) electrons. The number of rotatable bonds is 17. The van der Waals surface area contributed by atoms with Gasteiger partial charge in [-0.15, -0.1) is 0 Å². The zero-order chi connectivity index (χ0) is 28.9. The van der Waals surface area contributed by atoms with Crippen LogP contribution in [0.5, 0.6) is 0 Å². The van der Waals surface area contributed by atoms with Gasteiger partial charge in [-0.3, -0.25) is 18.2 Å². The highest BCUT2D eigenvalue weighted by molar-refractivity contribution is 6.42. The summed E-state index contributed by atoms with van der Waals surface area (Å²) >= 11 is 0. The van der Waals surface area contributed by atoms with E-state index in [0.29, 0.717) is 24.9 Å². The van der Waals surface area contributed by atoms with Gasteiger partial charge in [-0.2, -0.15) is 0 Å². The number of carboxylic acids is 3. The molecule has 210 valence electrons. The third kappa shape index (κ3) is 13.0. The average Bonchev–Trinajstić information content (AvgIpc) is 2.79. The molecule has 0 aliphatic heterocycles. The highest BCUT2D eigenvalue weighted by Crippen LogP contribution is 2.12. The van der Waals surface area contributed by atoms with Gasteiger partial charge in [-0.1, -0.05) is 12.1 Å². The number of urea groups is 1. The van der Waals surface area contributed by atoms with E-state index in [1.54, 1.807) is 38.4 Å². The quantitative estimate of drug-likeness (QED) is 0.0963. The number of halogens is 2. The van der Waals surface area contributed by atoms with Gasteiger partial charge in [0.1, 0.15) is 25.1 Å². The minimum Gasteiger partial charge on any atom is -0.481 e. The van der Waals surface area contributed by atoms with Gasteiger partial charge in [-0.05, 0) is 37.8 Å². The number of hydrogen-bond acceptors (Lipinski definition) is 5. The van der Waals surface area contributed by atoms with E-state index in [1.165, 1.54) is 0 Å². The maximum Gasteiger partial charge on any atom is 0.592 e. The van der Waals surface area contributed by atoms with Crippen LogP contribution in [-0.2, 0) is 20.9 Å². The molecule has 15 heteroatoms. The molecular weight excluding hydrogens is 509 g/mol. The molecule has 1 aromatic rings. The van der Waals surface area contributed by atoms with Crippen LogP contribution < -0.4 is 16.0 Å². The third-order valence-corrected chi connectivity index (χ3v) is 5.52. The molecule has 0 spiro atoms. The molecule has 0 fully saturated rings. The molecule has 1 rings (SSSR count). The molecule has 3 amide bonds. The number of carboxylic acid groups (broad SMARTS) is 3. The first-order valence-corrected chi connectivity index (χ1v) is 11.9. The van der Waals surface area contributed by atoms with Crippen LogP contribution in [0.4, 0.5) is 13.4 Å². The molecule has 38 heavy (non-hydrogen) atoms. The summed E-state index contributed by atoms with van der Waals surface area (Å²) in [6.07, 6.45) is -0.433. The Bertz CT molecular complexity index is 979. The van der Waals surface area contributed by atoms with Crippen molar-refractivity contribution >= 4 is 37.1 Å². The Morgan fingerprint density at radius 2 is 1.45 bits per heavy atom. The SMILES string of the molecule is C[N+](C)(CB(F)F)Cc1ccc(C(=O)NCCCCC(NC(=O)NC(CCC(=O)O)C(=O)O)C(=O)O)cc1. The smallest absolute Gasteiger partial charge is 0.481 e.